The molecule has 9 heteroatoms. The number of piperidine rings is 1. The molecule has 0 aromatic carbocycles. The normalized spacial score (nSPS) is 19.3. The Morgan fingerprint density at radius 2 is 1.93 bits per heavy atom. The minimum Gasteiger partial charge on any atom is -0.450 e. The Morgan fingerprint density at radius 1 is 1.22 bits per heavy atom. The van der Waals surface area contributed by atoms with E-state index < -0.39 is 0 Å². The van der Waals surface area contributed by atoms with Crippen LogP contribution in [-0.4, -0.2) is 82.2 Å². The molecule has 8 nitrogen and oxygen atoms in total. The van der Waals surface area contributed by atoms with Gasteiger partial charge in [0.2, 0.25) is 0 Å². The molecule has 0 aliphatic carbocycles. The van der Waals surface area contributed by atoms with Gasteiger partial charge in [-0.3, -0.25) is 4.99 Å². The average molecular weight is 498 g/mol. The van der Waals surface area contributed by atoms with Crippen LogP contribution in [0.25, 0.3) is 0 Å². The van der Waals surface area contributed by atoms with Crippen molar-refractivity contribution in [3.8, 4) is 0 Å². The molecule has 2 saturated heterocycles. The SMILES string of the molecule is CCOC(=O)N1CCC(NC(=NC)NCCCOC2CCOCC2)CC1.I. The van der Waals surface area contributed by atoms with E-state index in [4.69, 9.17) is 14.2 Å². The minimum absolute atomic E-state index is 0. The summed E-state index contributed by atoms with van der Waals surface area (Å²) in [6, 6.07) is 0.324. The number of hydrogen-bond donors (Lipinski definition) is 2. The van der Waals surface area contributed by atoms with E-state index >= 15 is 0 Å². The lowest BCUT2D eigenvalue weighted by atomic mass is 10.1. The number of amides is 1. The molecular weight excluding hydrogens is 463 g/mol. The molecule has 0 aromatic rings. The molecule has 0 spiro atoms. The van der Waals surface area contributed by atoms with Crippen LogP contribution in [0.4, 0.5) is 4.79 Å². The van der Waals surface area contributed by atoms with Crippen molar-refractivity contribution in [1.29, 1.82) is 0 Å². The number of carbonyl (C=O) groups is 1. The zero-order valence-electron chi connectivity index (χ0n) is 16.6. The van der Waals surface area contributed by atoms with E-state index in [-0.39, 0.29) is 30.1 Å². The highest BCUT2D eigenvalue weighted by Crippen LogP contribution is 2.12. The van der Waals surface area contributed by atoms with Crippen LogP contribution < -0.4 is 10.6 Å². The van der Waals surface area contributed by atoms with Gasteiger partial charge in [-0.25, -0.2) is 4.79 Å². The molecule has 2 rings (SSSR count). The summed E-state index contributed by atoms with van der Waals surface area (Å²) >= 11 is 0. The zero-order valence-corrected chi connectivity index (χ0v) is 18.9. The Kier molecular flexibility index (Phi) is 12.8. The first kappa shape index (κ1) is 24.2. The minimum atomic E-state index is -0.210. The highest BCUT2D eigenvalue weighted by molar-refractivity contribution is 14.0. The van der Waals surface area contributed by atoms with Crippen LogP contribution >= 0.6 is 24.0 Å². The van der Waals surface area contributed by atoms with Gasteiger partial charge >= 0.3 is 6.09 Å². The molecule has 2 aliphatic heterocycles. The third-order valence-electron chi connectivity index (χ3n) is 4.72. The smallest absolute Gasteiger partial charge is 0.409 e. The number of carbonyl (C=O) groups excluding carboxylic acids is 1. The van der Waals surface area contributed by atoms with Crippen LogP contribution in [0.1, 0.15) is 39.0 Å². The lowest BCUT2D eigenvalue weighted by Crippen LogP contribution is -2.50. The van der Waals surface area contributed by atoms with Gasteiger partial charge in [-0.15, -0.1) is 24.0 Å². The molecule has 2 heterocycles. The number of aliphatic imine (C=N–C) groups is 1. The summed E-state index contributed by atoms with van der Waals surface area (Å²) < 4.78 is 16.3. The fourth-order valence-corrected chi connectivity index (χ4v) is 3.18. The number of likely N-dealkylation sites (tertiary alicyclic amines) is 1. The number of halogens is 1. The number of ether oxygens (including phenoxy) is 3. The molecule has 2 N–H and O–H groups in total. The quantitative estimate of drug-likeness (QED) is 0.242. The molecule has 158 valence electrons. The van der Waals surface area contributed by atoms with Crippen molar-refractivity contribution in [3.63, 3.8) is 0 Å². The summed E-state index contributed by atoms with van der Waals surface area (Å²) in [6.07, 6.45) is 4.88. The summed E-state index contributed by atoms with van der Waals surface area (Å²) in [5.41, 5.74) is 0. The van der Waals surface area contributed by atoms with Crippen molar-refractivity contribution in [2.24, 2.45) is 4.99 Å². The van der Waals surface area contributed by atoms with Crippen LogP contribution in [0, 0.1) is 0 Å². The summed E-state index contributed by atoms with van der Waals surface area (Å²) in [6.45, 7) is 6.89. The predicted octanol–water partition coefficient (Wildman–Crippen LogP) is 1.98. The number of rotatable bonds is 7. The maximum Gasteiger partial charge on any atom is 0.409 e. The van der Waals surface area contributed by atoms with Crippen molar-refractivity contribution in [2.45, 2.75) is 51.2 Å². The second-order valence-electron chi connectivity index (χ2n) is 6.64. The van der Waals surface area contributed by atoms with Crippen molar-refractivity contribution in [2.75, 3.05) is 53.1 Å². The van der Waals surface area contributed by atoms with E-state index in [1.165, 1.54) is 0 Å². The Bertz CT molecular complexity index is 439. The maximum absolute atomic E-state index is 11.7. The molecular formula is C18H35IN4O4. The molecule has 27 heavy (non-hydrogen) atoms. The topological polar surface area (TPSA) is 84.4 Å². The molecule has 0 radical (unpaired) electrons. The van der Waals surface area contributed by atoms with Crippen molar-refractivity contribution < 1.29 is 19.0 Å². The van der Waals surface area contributed by atoms with Gasteiger partial charge in [-0.2, -0.15) is 0 Å². The fourth-order valence-electron chi connectivity index (χ4n) is 3.18. The molecule has 2 fully saturated rings. The van der Waals surface area contributed by atoms with Crippen LogP contribution in [0.15, 0.2) is 4.99 Å². The fraction of sp³-hybridized carbons (Fsp3) is 0.889. The van der Waals surface area contributed by atoms with E-state index in [0.717, 1.165) is 64.4 Å². The van der Waals surface area contributed by atoms with Gasteiger partial charge in [0.05, 0.1) is 12.7 Å². The van der Waals surface area contributed by atoms with Gasteiger partial charge in [0, 0.05) is 52.5 Å². The lowest BCUT2D eigenvalue weighted by Gasteiger charge is -2.32. The van der Waals surface area contributed by atoms with E-state index in [0.29, 0.717) is 31.8 Å². The third-order valence-corrected chi connectivity index (χ3v) is 4.72. The third kappa shape index (κ3) is 9.29. The summed E-state index contributed by atoms with van der Waals surface area (Å²) in [5.74, 6) is 0.811. The Morgan fingerprint density at radius 3 is 2.56 bits per heavy atom. The second-order valence-corrected chi connectivity index (χ2v) is 6.64. The summed E-state index contributed by atoms with van der Waals surface area (Å²) in [5, 5.41) is 6.78. The van der Waals surface area contributed by atoms with Crippen LogP contribution in [0.3, 0.4) is 0 Å². The Labute approximate surface area is 179 Å². The number of guanidine groups is 1. The summed E-state index contributed by atoms with van der Waals surface area (Å²) in [7, 11) is 1.78. The Hall–Kier alpha value is -0.810. The molecule has 0 unspecified atom stereocenters. The van der Waals surface area contributed by atoms with Gasteiger partial charge in [-0.1, -0.05) is 0 Å². The van der Waals surface area contributed by atoms with Crippen LogP contribution in [0.5, 0.6) is 0 Å². The largest absolute Gasteiger partial charge is 0.450 e. The highest BCUT2D eigenvalue weighted by atomic mass is 127. The van der Waals surface area contributed by atoms with Crippen LogP contribution in [-0.2, 0) is 14.2 Å². The Balaban J connectivity index is 0.00000364. The molecule has 0 aromatic heterocycles. The maximum atomic E-state index is 11.7. The first-order valence-corrected chi connectivity index (χ1v) is 9.81. The monoisotopic (exact) mass is 498 g/mol. The van der Waals surface area contributed by atoms with Gasteiger partial charge < -0.3 is 29.7 Å². The molecule has 0 bridgehead atoms. The highest BCUT2D eigenvalue weighted by Gasteiger charge is 2.24. The first-order valence-electron chi connectivity index (χ1n) is 9.81. The summed E-state index contributed by atoms with van der Waals surface area (Å²) in [4.78, 5) is 17.8. The van der Waals surface area contributed by atoms with Gasteiger partial charge in [0.15, 0.2) is 5.96 Å². The lowest BCUT2D eigenvalue weighted by molar-refractivity contribution is -0.0320. The number of hydrogen-bond acceptors (Lipinski definition) is 5. The van der Waals surface area contributed by atoms with Gasteiger partial charge in [-0.05, 0) is 39.0 Å². The number of nitrogens with zero attached hydrogens (tertiary/aromatic N) is 2. The van der Waals surface area contributed by atoms with Gasteiger partial charge in [0.25, 0.3) is 0 Å². The zero-order chi connectivity index (χ0) is 18.6. The van der Waals surface area contributed by atoms with E-state index in [1.807, 2.05) is 6.92 Å². The molecule has 2 aliphatic rings. The predicted molar refractivity (Wildman–Crippen MR) is 116 cm³/mol. The van der Waals surface area contributed by atoms with Crippen molar-refractivity contribution in [1.82, 2.24) is 15.5 Å². The van der Waals surface area contributed by atoms with Gasteiger partial charge in [0.1, 0.15) is 0 Å². The van der Waals surface area contributed by atoms with Crippen molar-refractivity contribution >= 4 is 36.0 Å². The van der Waals surface area contributed by atoms with Crippen LogP contribution in [0.2, 0.25) is 0 Å². The average Bonchev–Trinajstić information content (AvgIpc) is 2.68. The molecule has 0 atom stereocenters. The standard InChI is InChI=1S/C18H34N4O4.HI/c1-3-25-18(23)22-10-5-15(6-11-22)21-17(19-2)20-9-4-12-26-16-7-13-24-14-8-16;/h15-16H,3-14H2,1-2H3,(H2,19,20,21);1H. The van der Waals surface area contributed by atoms with E-state index in [9.17, 15) is 4.79 Å². The van der Waals surface area contributed by atoms with Crippen molar-refractivity contribution in [3.05, 3.63) is 0 Å². The second kappa shape index (κ2) is 14.2. The molecule has 0 saturated carbocycles. The first-order chi connectivity index (χ1) is 12.7. The molecule has 1 amide bonds. The van der Waals surface area contributed by atoms with E-state index in [1.54, 1.807) is 11.9 Å². The van der Waals surface area contributed by atoms with E-state index in [2.05, 4.69) is 15.6 Å². The number of nitrogens with one attached hydrogen (secondary N) is 2.